The summed E-state index contributed by atoms with van der Waals surface area (Å²) in [7, 11) is 0. The molecule has 1 aliphatic heterocycles. The molecule has 4 heteroatoms. The molecule has 0 aromatic rings. The fourth-order valence-electron chi connectivity index (χ4n) is 7.21. The van der Waals surface area contributed by atoms with E-state index in [1.54, 1.807) is 0 Å². The monoisotopic (exact) mass is 365 g/mol. The molecule has 2 saturated carbocycles. The predicted molar refractivity (Wildman–Crippen MR) is 99.2 cm³/mol. The van der Waals surface area contributed by atoms with Crippen molar-refractivity contribution < 1.29 is 14.3 Å². The molecule has 5 aliphatic rings. The largest absolute Gasteiger partial charge is 0.458 e. The smallest absolute Gasteiger partial charge is 0.306 e. The molecule has 0 amide bonds. The molecule has 6 atom stereocenters. The molecule has 2 unspecified atom stereocenters. The molecule has 5 rings (SSSR count). The molecule has 27 heavy (non-hydrogen) atoms. The van der Waals surface area contributed by atoms with Crippen LogP contribution in [0.4, 0.5) is 0 Å². The van der Waals surface area contributed by atoms with Gasteiger partial charge < -0.3 is 4.74 Å². The number of fused-ring (bicyclic) bond motifs is 6. The van der Waals surface area contributed by atoms with E-state index in [4.69, 9.17) is 4.74 Å². The summed E-state index contributed by atoms with van der Waals surface area (Å²) in [4.78, 5) is 24.0. The van der Waals surface area contributed by atoms with E-state index in [0.717, 1.165) is 37.7 Å². The molecular weight excluding hydrogens is 338 g/mol. The molecule has 0 radical (unpaired) electrons. The standard InChI is InChI=1S/C23H27NO3/c1-21-7-3-16(25)12-15(21)11-14(13-24)20-17(21)4-8-22(2)18(20)5-9-23(22)10-6-19(26)27-23/h4,11,14,18,20H,3,5-10,12H2,1-2H3/t14-,18?,20?,21-,22-,23+/m0/s1. The lowest BCUT2D eigenvalue weighted by Crippen LogP contribution is -2.52. The van der Waals surface area contributed by atoms with Crippen LogP contribution in [-0.2, 0) is 14.3 Å². The van der Waals surface area contributed by atoms with Gasteiger partial charge in [0.15, 0.2) is 0 Å². The Bertz CT molecular complexity index is 848. The second-order valence-electron chi connectivity index (χ2n) is 9.81. The fraction of sp³-hybridized carbons (Fsp3) is 0.696. The number of ether oxygens (including phenoxy) is 1. The third-order valence-corrected chi connectivity index (χ3v) is 8.85. The van der Waals surface area contributed by atoms with Gasteiger partial charge >= 0.3 is 5.97 Å². The van der Waals surface area contributed by atoms with Gasteiger partial charge in [0.1, 0.15) is 11.4 Å². The highest BCUT2D eigenvalue weighted by Crippen LogP contribution is 2.68. The summed E-state index contributed by atoms with van der Waals surface area (Å²) in [6, 6.07) is 2.55. The van der Waals surface area contributed by atoms with Crippen LogP contribution in [0, 0.1) is 39.9 Å². The van der Waals surface area contributed by atoms with Crippen molar-refractivity contribution in [2.45, 2.75) is 70.8 Å². The van der Waals surface area contributed by atoms with E-state index in [0.29, 0.717) is 31.0 Å². The van der Waals surface area contributed by atoms with Crippen LogP contribution >= 0.6 is 0 Å². The Morgan fingerprint density at radius 2 is 2.00 bits per heavy atom. The summed E-state index contributed by atoms with van der Waals surface area (Å²) in [5.41, 5.74) is 2.05. The van der Waals surface area contributed by atoms with E-state index >= 15 is 0 Å². The molecule has 4 aliphatic carbocycles. The van der Waals surface area contributed by atoms with Gasteiger partial charge in [-0.15, -0.1) is 0 Å². The number of allylic oxidation sites excluding steroid dienone is 4. The van der Waals surface area contributed by atoms with E-state index in [9.17, 15) is 14.9 Å². The summed E-state index contributed by atoms with van der Waals surface area (Å²) in [5.74, 6) is 0.608. The van der Waals surface area contributed by atoms with Gasteiger partial charge in [-0.2, -0.15) is 5.26 Å². The first kappa shape index (κ1) is 17.2. The van der Waals surface area contributed by atoms with Gasteiger partial charge in [-0.25, -0.2) is 0 Å². The summed E-state index contributed by atoms with van der Waals surface area (Å²) in [5, 5.41) is 9.98. The highest BCUT2D eigenvalue weighted by Gasteiger charge is 2.66. The molecule has 142 valence electrons. The molecule has 1 saturated heterocycles. The second kappa shape index (κ2) is 5.34. The summed E-state index contributed by atoms with van der Waals surface area (Å²) in [6.07, 6.45) is 10.7. The van der Waals surface area contributed by atoms with Crippen molar-refractivity contribution in [3.05, 3.63) is 23.3 Å². The number of hydrogen-bond acceptors (Lipinski definition) is 4. The molecule has 0 aromatic heterocycles. The molecule has 0 N–H and O–H groups in total. The topological polar surface area (TPSA) is 67.2 Å². The Hall–Kier alpha value is -1.89. The third kappa shape index (κ3) is 2.03. The Morgan fingerprint density at radius 3 is 2.70 bits per heavy atom. The van der Waals surface area contributed by atoms with Crippen molar-refractivity contribution in [2.75, 3.05) is 0 Å². The van der Waals surface area contributed by atoms with E-state index in [-0.39, 0.29) is 34.2 Å². The average molecular weight is 365 g/mol. The van der Waals surface area contributed by atoms with Gasteiger partial charge in [0.2, 0.25) is 0 Å². The van der Waals surface area contributed by atoms with Crippen molar-refractivity contribution >= 4 is 11.8 Å². The average Bonchev–Trinajstić information content (AvgIpc) is 3.16. The van der Waals surface area contributed by atoms with Crippen LogP contribution in [0.25, 0.3) is 0 Å². The zero-order valence-corrected chi connectivity index (χ0v) is 16.2. The lowest BCUT2D eigenvalue weighted by Gasteiger charge is -2.55. The molecular formula is C23H27NO3. The third-order valence-electron chi connectivity index (χ3n) is 8.85. The lowest BCUT2D eigenvalue weighted by atomic mass is 9.49. The minimum atomic E-state index is -0.343. The maximum atomic E-state index is 12.1. The van der Waals surface area contributed by atoms with Gasteiger partial charge in [-0.3, -0.25) is 9.59 Å². The van der Waals surface area contributed by atoms with Crippen LogP contribution in [0.3, 0.4) is 0 Å². The van der Waals surface area contributed by atoms with E-state index in [2.05, 4.69) is 32.1 Å². The van der Waals surface area contributed by atoms with Crippen LogP contribution in [0.1, 0.15) is 65.2 Å². The van der Waals surface area contributed by atoms with Gasteiger partial charge in [0, 0.05) is 36.0 Å². The van der Waals surface area contributed by atoms with Gasteiger partial charge in [-0.1, -0.05) is 37.1 Å². The first-order chi connectivity index (χ1) is 12.8. The number of carbonyl (C=O) groups is 2. The fourth-order valence-corrected chi connectivity index (χ4v) is 7.21. The minimum absolute atomic E-state index is 0.0629. The zero-order valence-electron chi connectivity index (χ0n) is 16.2. The Kier molecular flexibility index (Phi) is 3.41. The van der Waals surface area contributed by atoms with Crippen molar-refractivity contribution in [3.8, 4) is 6.07 Å². The number of ketones is 1. The van der Waals surface area contributed by atoms with Crippen LogP contribution in [-0.4, -0.2) is 17.4 Å². The first-order valence-electron chi connectivity index (χ1n) is 10.4. The quantitative estimate of drug-likeness (QED) is 0.475. The maximum absolute atomic E-state index is 12.1. The van der Waals surface area contributed by atoms with Crippen molar-refractivity contribution in [1.29, 1.82) is 5.26 Å². The van der Waals surface area contributed by atoms with Gasteiger partial charge in [0.05, 0.1) is 12.0 Å². The molecule has 1 heterocycles. The highest BCUT2D eigenvalue weighted by molar-refractivity contribution is 5.83. The summed E-state index contributed by atoms with van der Waals surface area (Å²) in [6.45, 7) is 4.57. The van der Waals surface area contributed by atoms with Crippen molar-refractivity contribution in [1.82, 2.24) is 0 Å². The van der Waals surface area contributed by atoms with Gasteiger partial charge in [0.25, 0.3) is 0 Å². The number of hydrogen-bond donors (Lipinski definition) is 0. The zero-order chi connectivity index (χ0) is 19.0. The van der Waals surface area contributed by atoms with E-state index in [1.165, 1.54) is 5.57 Å². The SMILES string of the molecule is C[C@]12CCC(=O)CC1=C[C@@H](C#N)C1C2=CC[C@@]2(C)C1CC[C@@]21CCC(=O)O1. The Labute approximate surface area is 160 Å². The van der Waals surface area contributed by atoms with Crippen molar-refractivity contribution in [2.24, 2.45) is 28.6 Å². The Morgan fingerprint density at radius 1 is 1.19 bits per heavy atom. The molecule has 1 spiro atoms. The molecule has 0 aromatic carbocycles. The van der Waals surface area contributed by atoms with Crippen LogP contribution in [0.15, 0.2) is 23.3 Å². The number of rotatable bonds is 0. The maximum Gasteiger partial charge on any atom is 0.306 e. The number of carbonyl (C=O) groups excluding carboxylic acids is 2. The predicted octanol–water partition coefficient (Wildman–Crippen LogP) is 4.26. The molecule has 4 nitrogen and oxygen atoms in total. The van der Waals surface area contributed by atoms with Crippen LogP contribution < -0.4 is 0 Å². The second-order valence-corrected chi connectivity index (χ2v) is 9.81. The van der Waals surface area contributed by atoms with Crippen LogP contribution in [0.5, 0.6) is 0 Å². The number of esters is 1. The normalized spacial score (nSPS) is 48.1. The Balaban J connectivity index is 1.61. The highest BCUT2D eigenvalue weighted by atomic mass is 16.6. The summed E-state index contributed by atoms with van der Waals surface area (Å²) < 4.78 is 5.97. The molecule has 0 bridgehead atoms. The summed E-state index contributed by atoms with van der Waals surface area (Å²) >= 11 is 0. The number of nitriles is 1. The number of Topliss-reactive ketones (excluding diaryl/α,β-unsaturated/α-hetero) is 1. The lowest BCUT2D eigenvalue weighted by molar-refractivity contribution is -0.160. The van der Waals surface area contributed by atoms with Gasteiger partial charge in [-0.05, 0) is 38.0 Å². The first-order valence-corrected chi connectivity index (χ1v) is 10.4. The van der Waals surface area contributed by atoms with E-state index in [1.807, 2.05) is 0 Å². The number of nitrogens with zero attached hydrogens (tertiary/aromatic N) is 1. The van der Waals surface area contributed by atoms with Crippen molar-refractivity contribution in [3.63, 3.8) is 0 Å². The molecule has 3 fully saturated rings. The van der Waals surface area contributed by atoms with Crippen LogP contribution in [0.2, 0.25) is 0 Å². The minimum Gasteiger partial charge on any atom is -0.458 e. The van der Waals surface area contributed by atoms with E-state index < -0.39 is 0 Å².